The molecule has 0 saturated carbocycles. The van der Waals surface area contributed by atoms with Crippen molar-refractivity contribution in [2.45, 2.75) is 0 Å². The molecule has 85 heavy (non-hydrogen) atoms. The topological polar surface area (TPSA) is 40.1 Å². The van der Waals surface area contributed by atoms with E-state index in [0.29, 0.717) is 61.6 Å². The fraction of sp³-hybridized carbons (Fsp3) is 0. The van der Waals surface area contributed by atoms with Crippen molar-refractivity contribution in [1.82, 2.24) is 9.13 Å². The summed E-state index contributed by atoms with van der Waals surface area (Å²) < 4.78 is 195. The highest BCUT2D eigenvalue weighted by atomic mass is 15.2. The summed E-state index contributed by atoms with van der Waals surface area (Å²) in [6.45, 7) is -0.834. The van der Waals surface area contributed by atoms with Crippen LogP contribution in [0.4, 0.5) is 34.1 Å². The molecule has 0 bridgehead atoms. The number of para-hydroxylation sites is 4. The molecule has 13 aromatic carbocycles. The quantitative estimate of drug-likeness (QED) is 0.142. The monoisotopic (exact) mass is 1100 g/mol. The van der Waals surface area contributed by atoms with Crippen LogP contribution in [0.2, 0.25) is 0 Å². The molecule has 2 aliphatic heterocycles. The van der Waals surface area contributed by atoms with E-state index in [1.54, 1.807) is 36.4 Å². The fourth-order valence-electron chi connectivity index (χ4n) is 12.6. The molecule has 0 spiro atoms. The van der Waals surface area contributed by atoms with Crippen LogP contribution in [0.15, 0.2) is 303 Å². The van der Waals surface area contributed by atoms with Gasteiger partial charge in [0.2, 0.25) is 0 Å². The van der Waals surface area contributed by atoms with Gasteiger partial charge in [0, 0.05) is 67.0 Å². The summed E-state index contributed by atoms with van der Waals surface area (Å²) in [5.74, 6) is 0. The normalized spacial score (nSPS) is 15.8. The van der Waals surface area contributed by atoms with Gasteiger partial charge in [-0.2, -0.15) is 5.26 Å². The lowest BCUT2D eigenvalue weighted by atomic mass is 9.33. The maximum absolute atomic E-state index is 11.0. The van der Waals surface area contributed by atoms with Gasteiger partial charge < -0.3 is 18.9 Å². The van der Waals surface area contributed by atoms with Crippen LogP contribution in [0.25, 0.3) is 99.5 Å². The van der Waals surface area contributed by atoms with Gasteiger partial charge in [0.25, 0.3) is 6.71 Å². The maximum atomic E-state index is 11.0. The van der Waals surface area contributed by atoms with Crippen LogP contribution in [-0.2, 0) is 0 Å². The van der Waals surface area contributed by atoms with E-state index in [-0.39, 0.29) is 71.7 Å². The molecule has 0 radical (unpaired) electrons. The number of anilines is 6. The average Bonchev–Trinajstić information content (AvgIpc) is 1.11. The van der Waals surface area contributed by atoms with E-state index in [1.807, 2.05) is 143 Å². The zero-order valence-electron chi connectivity index (χ0n) is 65.6. The van der Waals surface area contributed by atoms with Gasteiger partial charge in [0.05, 0.1) is 62.5 Å². The van der Waals surface area contributed by atoms with E-state index in [9.17, 15) is 19.0 Å². The minimum Gasteiger partial charge on any atom is -0.311 e. The highest BCUT2D eigenvalue weighted by molar-refractivity contribution is 7.00. The Kier molecular flexibility index (Phi) is 7.23. The first-order valence-electron chi connectivity index (χ1n) is 37.8. The van der Waals surface area contributed by atoms with Crippen molar-refractivity contribution in [2.75, 3.05) is 9.80 Å². The Bertz CT molecular complexity index is 5990. The first-order chi connectivity index (χ1) is 50.8. The molecule has 2 aromatic heterocycles. The molecular formula is C79H50BN5. The van der Waals surface area contributed by atoms with Gasteiger partial charge in [-0.25, -0.2) is 0 Å². The van der Waals surface area contributed by atoms with E-state index in [1.165, 1.54) is 15.2 Å². The smallest absolute Gasteiger partial charge is 0.252 e. The summed E-state index contributed by atoms with van der Waals surface area (Å²) >= 11 is 0. The molecule has 17 rings (SSSR count). The standard InChI is InChI=1S/C79H50BN5/c81-51-52-44-58(55-22-8-3-9-23-55)46-59(45-52)60-47-77-79-78(48-60)83(62-38-34-57(35-39-62)54-20-6-2-7-21-54)76-50-64(85-73-30-16-12-26-67(73)68-27-13-17-31-74(68)85)41-43-70(76)80(79)69-42-40-63(84-71-28-14-10-24-65(71)66-25-11-15-29-72(66)84)49-75(69)82(77)61-36-32-56(33-37-61)53-18-4-1-5-19-53/h1-50H/i3D,8D,9D,10D,11D,12D,13D,14D,15D,16D,17D,22D,23D,24D,25D,26D,27D,28D,29D,30D,31D. The molecule has 0 saturated heterocycles. The molecule has 394 valence electrons. The van der Waals surface area contributed by atoms with Crippen molar-refractivity contribution >= 4 is 101 Å². The summed E-state index contributed by atoms with van der Waals surface area (Å²) in [5.41, 5.74) is 9.36. The van der Waals surface area contributed by atoms with E-state index < -0.39 is 134 Å². The fourth-order valence-corrected chi connectivity index (χ4v) is 12.6. The van der Waals surface area contributed by atoms with Crippen molar-refractivity contribution in [2.24, 2.45) is 0 Å². The molecule has 6 heteroatoms. The summed E-state index contributed by atoms with van der Waals surface area (Å²) in [4.78, 5) is 4.04. The van der Waals surface area contributed by atoms with Crippen LogP contribution in [-0.4, -0.2) is 15.8 Å². The third kappa shape index (κ3) is 7.72. The Balaban J connectivity index is 1.03. The van der Waals surface area contributed by atoms with Gasteiger partial charge in [-0.3, -0.25) is 0 Å². The lowest BCUT2D eigenvalue weighted by Crippen LogP contribution is -2.61. The van der Waals surface area contributed by atoms with Crippen molar-refractivity contribution in [1.29, 1.82) is 5.26 Å². The lowest BCUT2D eigenvalue weighted by Gasteiger charge is -2.44. The van der Waals surface area contributed by atoms with Crippen molar-refractivity contribution in [3.05, 3.63) is 308 Å². The van der Waals surface area contributed by atoms with Gasteiger partial charge in [-0.15, -0.1) is 0 Å². The number of hydrogen-bond donors (Lipinski definition) is 0. The third-order valence-corrected chi connectivity index (χ3v) is 16.3. The van der Waals surface area contributed by atoms with E-state index >= 15 is 0 Å². The van der Waals surface area contributed by atoms with Crippen LogP contribution in [0.5, 0.6) is 0 Å². The maximum Gasteiger partial charge on any atom is 0.252 e. The number of nitriles is 1. The summed E-state index contributed by atoms with van der Waals surface area (Å²) in [6.07, 6.45) is 0. The average molecular weight is 1100 g/mol. The molecule has 4 heterocycles. The molecule has 5 nitrogen and oxygen atoms in total. The number of fused-ring (bicyclic) bond motifs is 10. The predicted molar refractivity (Wildman–Crippen MR) is 356 cm³/mol. The van der Waals surface area contributed by atoms with Gasteiger partial charge in [0.1, 0.15) is 0 Å². The summed E-state index contributed by atoms with van der Waals surface area (Å²) in [6, 6.07) is 44.8. The zero-order valence-corrected chi connectivity index (χ0v) is 44.6. The third-order valence-electron chi connectivity index (χ3n) is 16.3. The van der Waals surface area contributed by atoms with Gasteiger partial charge in [-0.1, -0.05) is 200 Å². The number of benzene rings is 13. The Morgan fingerprint density at radius 2 is 0.671 bits per heavy atom. The highest BCUT2D eigenvalue weighted by Crippen LogP contribution is 2.49. The lowest BCUT2D eigenvalue weighted by molar-refractivity contribution is 1.17. The number of aromatic nitrogens is 2. The zero-order chi connectivity index (χ0) is 74.4. The van der Waals surface area contributed by atoms with Crippen LogP contribution in [0, 0.1) is 11.3 Å². The largest absolute Gasteiger partial charge is 0.311 e. The van der Waals surface area contributed by atoms with Crippen LogP contribution in [0.1, 0.15) is 34.3 Å². The molecular weight excluding hydrogens is 1030 g/mol. The van der Waals surface area contributed by atoms with Gasteiger partial charge in [-0.05, 0) is 164 Å². The molecule has 2 aliphatic rings. The van der Waals surface area contributed by atoms with E-state index in [2.05, 4.69) is 6.07 Å². The second kappa shape index (κ2) is 19.4. The SMILES string of the molecule is [2H]c1c([2H])c([2H])c(-c2cc(C#N)cc(-c3cc4c5c(c3)N(c3ccc(-c6ccccc6)cc3)c3cc(-n6c7c([2H])c([2H])c([2H])c([2H])c7c7c([2H])c([2H])c([2H])c([2H])c76)ccc3B5c3ccc(-n5c6c([2H])c([2H])c([2H])c([2H])c6c6c([2H])c([2H])c([2H])c([2H])c65)cc3N4c3ccc(-c4ccccc4)cc3)c2)c([2H])c1[2H]. The molecule has 0 unspecified atom stereocenters. The van der Waals surface area contributed by atoms with Crippen molar-refractivity contribution in [3.63, 3.8) is 0 Å². The molecule has 0 aliphatic carbocycles. The van der Waals surface area contributed by atoms with Gasteiger partial charge in [0.15, 0.2) is 0 Å². The second-order valence-electron chi connectivity index (χ2n) is 20.8. The minimum atomic E-state index is -0.834. The van der Waals surface area contributed by atoms with Crippen LogP contribution in [0.3, 0.4) is 0 Å². The number of nitrogens with zero attached hydrogens (tertiary/aromatic N) is 5. The van der Waals surface area contributed by atoms with Crippen molar-refractivity contribution < 1.29 is 28.8 Å². The van der Waals surface area contributed by atoms with E-state index in [4.69, 9.17) is 15.1 Å². The first kappa shape index (κ1) is 31.7. The van der Waals surface area contributed by atoms with Crippen LogP contribution < -0.4 is 26.2 Å². The molecule has 0 amide bonds. The second-order valence-corrected chi connectivity index (χ2v) is 20.8. The van der Waals surface area contributed by atoms with Crippen molar-refractivity contribution in [3.8, 4) is 62.0 Å². The first-order valence-corrected chi connectivity index (χ1v) is 27.3. The van der Waals surface area contributed by atoms with E-state index in [0.717, 1.165) is 22.3 Å². The van der Waals surface area contributed by atoms with Gasteiger partial charge >= 0.3 is 0 Å². The molecule has 0 atom stereocenters. The minimum absolute atomic E-state index is 0.0690. The number of hydrogen-bond acceptors (Lipinski definition) is 3. The summed E-state index contributed by atoms with van der Waals surface area (Å²) in [5, 5.41) is 10.5. The van der Waals surface area contributed by atoms with Crippen LogP contribution >= 0.6 is 0 Å². The molecule has 0 N–H and O–H groups in total. The molecule has 0 fully saturated rings. The Hall–Kier alpha value is -11.4. The Morgan fingerprint density at radius 1 is 0.306 bits per heavy atom. The predicted octanol–water partition coefficient (Wildman–Crippen LogP) is 18.5. The molecule has 15 aromatic rings. The number of rotatable bonds is 8. The summed E-state index contributed by atoms with van der Waals surface area (Å²) in [7, 11) is 0. The highest BCUT2D eigenvalue weighted by Gasteiger charge is 2.44. The Morgan fingerprint density at radius 3 is 1.09 bits per heavy atom. The Labute approximate surface area is 522 Å².